The SMILES string of the molecule is Nc1nc(OCc2ccnc(F)c2)c2[nH]cnc2n1. The molecule has 96 valence electrons. The molecule has 8 heteroatoms. The normalized spacial score (nSPS) is 10.8. The molecule has 19 heavy (non-hydrogen) atoms. The van der Waals surface area contributed by atoms with Crippen LogP contribution in [0.1, 0.15) is 5.56 Å². The van der Waals surface area contributed by atoms with Crippen molar-refractivity contribution in [3.05, 3.63) is 36.2 Å². The fourth-order valence-electron chi connectivity index (χ4n) is 1.61. The first kappa shape index (κ1) is 11.3. The Bertz CT molecular complexity index is 728. The average Bonchev–Trinajstić information content (AvgIpc) is 2.84. The molecule has 0 aliphatic heterocycles. The molecule has 0 bridgehead atoms. The number of halogens is 1. The maximum atomic E-state index is 12.9. The third kappa shape index (κ3) is 2.28. The Morgan fingerprint density at radius 1 is 1.32 bits per heavy atom. The largest absolute Gasteiger partial charge is 0.471 e. The average molecular weight is 260 g/mol. The molecule has 0 aliphatic rings. The van der Waals surface area contributed by atoms with E-state index in [1.54, 1.807) is 6.07 Å². The molecular formula is C11H9FN6O. The molecule has 0 spiro atoms. The van der Waals surface area contributed by atoms with Crippen molar-refractivity contribution in [3.63, 3.8) is 0 Å². The second-order valence-electron chi connectivity index (χ2n) is 3.76. The minimum Gasteiger partial charge on any atom is -0.471 e. The minimum atomic E-state index is -0.560. The molecule has 0 aliphatic carbocycles. The summed E-state index contributed by atoms with van der Waals surface area (Å²) < 4.78 is 18.4. The van der Waals surface area contributed by atoms with Crippen LogP contribution in [0.2, 0.25) is 0 Å². The molecule has 3 N–H and O–H groups in total. The highest BCUT2D eigenvalue weighted by atomic mass is 19.1. The summed E-state index contributed by atoms with van der Waals surface area (Å²) in [6.45, 7) is 0.143. The van der Waals surface area contributed by atoms with Gasteiger partial charge in [-0.25, -0.2) is 9.97 Å². The lowest BCUT2D eigenvalue weighted by molar-refractivity contribution is 0.296. The van der Waals surface area contributed by atoms with Crippen LogP contribution >= 0.6 is 0 Å². The molecule has 0 saturated carbocycles. The fraction of sp³-hybridized carbons (Fsp3) is 0.0909. The van der Waals surface area contributed by atoms with Gasteiger partial charge in [0.15, 0.2) is 5.65 Å². The molecule has 0 unspecified atom stereocenters. The Kier molecular flexibility index (Phi) is 2.67. The Labute approximate surface area is 106 Å². The first-order valence-corrected chi connectivity index (χ1v) is 5.42. The van der Waals surface area contributed by atoms with Crippen molar-refractivity contribution >= 4 is 17.1 Å². The number of ether oxygens (including phenoxy) is 1. The van der Waals surface area contributed by atoms with Gasteiger partial charge in [0.05, 0.1) is 6.33 Å². The zero-order valence-corrected chi connectivity index (χ0v) is 9.67. The van der Waals surface area contributed by atoms with E-state index in [0.29, 0.717) is 16.7 Å². The van der Waals surface area contributed by atoms with E-state index in [2.05, 4.69) is 24.9 Å². The van der Waals surface area contributed by atoms with Gasteiger partial charge in [-0.3, -0.25) is 0 Å². The van der Waals surface area contributed by atoms with Gasteiger partial charge in [-0.15, -0.1) is 0 Å². The van der Waals surface area contributed by atoms with Crippen LogP contribution < -0.4 is 10.5 Å². The number of aromatic amines is 1. The van der Waals surface area contributed by atoms with Gasteiger partial charge < -0.3 is 15.5 Å². The van der Waals surface area contributed by atoms with Crippen LogP contribution in [-0.2, 0) is 6.61 Å². The standard InChI is InChI=1S/C11H9FN6O/c12-7-3-6(1-2-14-7)4-19-10-8-9(16-5-15-8)17-11(13)18-10/h1-3,5H,4H2,(H3,13,15,16,17,18). The highest BCUT2D eigenvalue weighted by Crippen LogP contribution is 2.20. The monoisotopic (exact) mass is 260 g/mol. The molecule has 0 radical (unpaired) electrons. The number of anilines is 1. The molecule has 0 saturated heterocycles. The van der Waals surface area contributed by atoms with Gasteiger partial charge in [0.2, 0.25) is 17.8 Å². The second kappa shape index (κ2) is 4.48. The highest BCUT2D eigenvalue weighted by Gasteiger charge is 2.10. The number of nitrogen functional groups attached to an aromatic ring is 1. The number of imidazole rings is 1. The third-order valence-corrected chi connectivity index (χ3v) is 2.44. The van der Waals surface area contributed by atoms with Crippen LogP contribution in [-0.4, -0.2) is 24.9 Å². The number of nitrogens with one attached hydrogen (secondary N) is 1. The van der Waals surface area contributed by atoms with Gasteiger partial charge in [-0.05, 0) is 17.7 Å². The van der Waals surface area contributed by atoms with Crippen LogP contribution in [0.5, 0.6) is 5.88 Å². The number of aromatic nitrogens is 5. The zero-order chi connectivity index (χ0) is 13.2. The lowest BCUT2D eigenvalue weighted by Gasteiger charge is -2.06. The van der Waals surface area contributed by atoms with Gasteiger partial charge in [-0.2, -0.15) is 14.4 Å². The zero-order valence-electron chi connectivity index (χ0n) is 9.67. The number of rotatable bonds is 3. The van der Waals surface area contributed by atoms with E-state index in [0.717, 1.165) is 0 Å². The lowest BCUT2D eigenvalue weighted by atomic mass is 10.3. The van der Waals surface area contributed by atoms with Crippen molar-refractivity contribution in [1.29, 1.82) is 0 Å². The highest BCUT2D eigenvalue weighted by molar-refractivity contribution is 5.76. The van der Waals surface area contributed by atoms with Crippen molar-refractivity contribution in [2.75, 3.05) is 5.73 Å². The summed E-state index contributed by atoms with van der Waals surface area (Å²) >= 11 is 0. The van der Waals surface area contributed by atoms with E-state index in [1.165, 1.54) is 18.6 Å². The van der Waals surface area contributed by atoms with Crippen LogP contribution in [0.3, 0.4) is 0 Å². The Morgan fingerprint density at radius 3 is 3.05 bits per heavy atom. The molecule has 0 atom stereocenters. The van der Waals surface area contributed by atoms with Crippen molar-refractivity contribution in [1.82, 2.24) is 24.9 Å². The summed E-state index contributed by atoms with van der Waals surface area (Å²) in [6.07, 6.45) is 2.84. The fourth-order valence-corrected chi connectivity index (χ4v) is 1.61. The Balaban J connectivity index is 1.87. The van der Waals surface area contributed by atoms with E-state index < -0.39 is 5.95 Å². The summed E-state index contributed by atoms with van der Waals surface area (Å²) in [5.41, 5.74) is 7.15. The summed E-state index contributed by atoms with van der Waals surface area (Å²) in [6, 6.07) is 2.94. The summed E-state index contributed by atoms with van der Waals surface area (Å²) in [5, 5.41) is 0. The number of nitrogens with two attached hydrogens (primary N) is 1. The van der Waals surface area contributed by atoms with Crippen molar-refractivity contribution in [2.45, 2.75) is 6.61 Å². The van der Waals surface area contributed by atoms with E-state index >= 15 is 0 Å². The molecular weight excluding hydrogens is 251 g/mol. The van der Waals surface area contributed by atoms with Gasteiger partial charge >= 0.3 is 0 Å². The van der Waals surface area contributed by atoms with Gasteiger partial charge in [0, 0.05) is 6.20 Å². The molecule has 3 aromatic heterocycles. The van der Waals surface area contributed by atoms with E-state index in [4.69, 9.17) is 10.5 Å². The molecule has 3 aromatic rings. The van der Waals surface area contributed by atoms with Crippen molar-refractivity contribution in [2.24, 2.45) is 0 Å². The molecule has 3 heterocycles. The summed E-state index contributed by atoms with van der Waals surface area (Å²) in [5.74, 6) is -0.220. The maximum Gasteiger partial charge on any atom is 0.245 e. The van der Waals surface area contributed by atoms with Gasteiger partial charge in [-0.1, -0.05) is 0 Å². The topological polar surface area (TPSA) is 103 Å². The van der Waals surface area contributed by atoms with E-state index in [-0.39, 0.29) is 18.4 Å². The van der Waals surface area contributed by atoms with Gasteiger partial charge in [0.25, 0.3) is 0 Å². The Hall–Kier alpha value is -2.77. The number of hydrogen-bond donors (Lipinski definition) is 2. The molecule has 0 amide bonds. The quantitative estimate of drug-likeness (QED) is 0.682. The predicted molar refractivity (Wildman–Crippen MR) is 64.6 cm³/mol. The number of nitrogens with zero attached hydrogens (tertiary/aromatic N) is 4. The van der Waals surface area contributed by atoms with Crippen molar-refractivity contribution < 1.29 is 9.13 Å². The molecule has 7 nitrogen and oxygen atoms in total. The number of hydrogen-bond acceptors (Lipinski definition) is 6. The molecule has 0 fully saturated rings. The first-order valence-electron chi connectivity index (χ1n) is 5.42. The van der Waals surface area contributed by atoms with Crippen LogP contribution in [0.4, 0.5) is 10.3 Å². The minimum absolute atomic E-state index is 0.0653. The lowest BCUT2D eigenvalue weighted by Crippen LogP contribution is -2.02. The second-order valence-corrected chi connectivity index (χ2v) is 3.76. The van der Waals surface area contributed by atoms with E-state index in [9.17, 15) is 4.39 Å². The van der Waals surface area contributed by atoms with Crippen LogP contribution in [0, 0.1) is 5.95 Å². The van der Waals surface area contributed by atoms with E-state index in [1.807, 2.05) is 0 Å². The summed E-state index contributed by atoms with van der Waals surface area (Å²) in [4.78, 5) is 18.2. The smallest absolute Gasteiger partial charge is 0.245 e. The predicted octanol–water partition coefficient (Wildman–Crippen LogP) is 1.05. The van der Waals surface area contributed by atoms with Crippen LogP contribution in [0.15, 0.2) is 24.7 Å². The summed E-state index contributed by atoms with van der Waals surface area (Å²) in [7, 11) is 0. The third-order valence-electron chi connectivity index (χ3n) is 2.44. The first-order chi connectivity index (χ1) is 9.22. The molecule has 0 aromatic carbocycles. The number of H-pyrrole nitrogens is 1. The molecule has 3 rings (SSSR count). The number of pyridine rings is 1. The maximum absolute atomic E-state index is 12.9. The number of fused-ring (bicyclic) bond motifs is 1. The Morgan fingerprint density at radius 2 is 2.21 bits per heavy atom. The van der Waals surface area contributed by atoms with Crippen LogP contribution in [0.25, 0.3) is 11.2 Å². The van der Waals surface area contributed by atoms with Gasteiger partial charge in [0.1, 0.15) is 12.1 Å². The van der Waals surface area contributed by atoms with Crippen molar-refractivity contribution in [3.8, 4) is 5.88 Å².